The molecule has 2 aromatic rings. The highest BCUT2D eigenvalue weighted by Gasteiger charge is 2.30. The molecule has 1 amide bonds. The summed E-state index contributed by atoms with van der Waals surface area (Å²) in [6.07, 6.45) is -4.60. The van der Waals surface area contributed by atoms with E-state index in [-0.39, 0.29) is 11.3 Å². The van der Waals surface area contributed by atoms with E-state index in [2.05, 4.69) is 0 Å². The van der Waals surface area contributed by atoms with Gasteiger partial charge in [0, 0.05) is 0 Å². The lowest BCUT2D eigenvalue weighted by Gasteiger charge is -2.11. The first-order valence-electron chi connectivity index (χ1n) is 7.23. The molecule has 2 N–H and O–H groups in total. The number of carbonyl (C=O) groups excluding carboxylic acids is 1. The zero-order valence-electron chi connectivity index (χ0n) is 13.4. The Morgan fingerprint density at radius 2 is 1.74 bits per heavy atom. The smallest absolute Gasteiger partial charge is 0.416 e. The van der Waals surface area contributed by atoms with Gasteiger partial charge < -0.3 is 4.74 Å². The van der Waals surface area contributed by atoms with Crippen molar-refractivity contribution in [2.24, 2.45) is 0 Å². The van der Waals surface area contributed by atoms with Crippen molar-refractivity contribution in [1.82, 2.24) is 10.3 Å². The van der Waals surface area contributed by atoms with E-state index in [0.717, 1.165) is 12.1 Å². The molecule has 0 fully saturated rings. The van der Waals surface area contributed by atoms with Crippen LogP contribution in [0.4, 0.5) is 13.2 Å². The number of hydrogen-bond acceptors (Lipinski definition) is 5. The van der Waals surface area contributed by atoms with Crippen molar-refractivity contribution in [3.8, 4) is 11.8 Å². The number of sulfonamides is 1. The summed E-state index contributed by atoms with van der Waals surface area (Å²) in [4.78, 5) is 13.0. The molecule has 2 aromatic carbocycles. The summed E-state index contributed by atoms with van der Waals surface area (Å²) in [6, 6.07) is 10.7. The van der Waals surface area contributed by atoms with Crippen molar-refractivity contribution in [1.29, 1.82) is 5.26 Å². The number of alkyl halides is 3. The summed E-state index contributed by atoms with van der Waals surface area (Å²) in [6.45, 7) is -0.589. The minimum atomic E-state index is -4.60. The second kappa shape index (κ2) is 8.07. The van der Waals surface area contributed by atoms with Crippen molar-refractivity contribution < 1.29 is 31.1 Å². The van der Waals surface area contributed by atoms with Crippen LogP contribution in [0.2, 0.25) is 0 Å². The number of nitriles is 1. The van der Waals surface area contributed by atoms with Gasteiger partial charge in [0.1, 0.15) is 11.8 Å². The monoisotopic (exact) mass is 399 g/mol. The molecule has 27 heavy (non-hydrogen) atoms. The van der Waals surface area contributed by atoms with Crippen LogP contribution >= 0.6 is 0 Å². The standard InChI is InChI=1S/C16H12F3N3O4S/c17-16(18,19)12-5-7-13(8-6-12)27(24,25)22-21-15(23)10-26-14-4-2-1-3-11(14)9-20/h1-8,22H,10H2,(H,21,23). The number of carbonyl (C=O) groups is 1. The summed E-state index contributed by atoms with van der Waals surface area (Å²) < 4.78 is 66.6. The van der Waals surface area contributed by atoms with Crippen LogP contribution in [-0.2, 0) is 21.0 Å². The van der Waals surface area contributed by atoms with Crippen LogP contribution in [0, 0.1) is 11.3 Å². The zero-order valence-corrected chi connectivity index (χ0v) is 14.3. The van der Waals surface area contributed by atoms with Crippen molar-refractivity contribution >= 4 is 15.9 Å². The summed E-state index contributed by atoms with van der Waals surface area (Å²) in [5, 5.41) is 8.90. The summed E-state index contributed by atoms with van der Waals surface area (Å²) in [5.41, 5.74) is 1.05. The quantitative estimate of drug-likeness (QED) is 0.722. The average molecular weight is 399 g/mol. The van der Waals surface area contributed by atoms with Crippen molar-refractivity contribution in [2.75, 3.05) is 6.61 Å². The molecule has 0 spiro atoms. The van der Waals surface area contributed by atoms with Gasteiger partial charge >= 0.3 is 6.18 Å². The average Bonchev–Trinajstić information content (AvgIpc) is 2.64. The maximum Gasteiger partial charge on any atom is 0.416 e. The van der Waals surface area contributed by atoms with Gasteiger partial charge in [-0.2, -0.15) is 18.4 Å². The maximum atomic E-state index is 12.5. The molecule has 0 aliphatic heterocycles. The molecule has 7 nitrogen and oxygen atoms in total. The Hall–Kier alpha value is -3.10. The third-order valence-electron chi connectivity index (χ3n) is 3.18. The first-order valence-corrected chi connectivity index (χ1v) is 8.71. The fourth-order valence-corrected chi connectivity index (χ4v) is 2.73. The molecule has 142 valence electrons. The SMILES string of the molecule is N#Cc1ccccc1OCC(=O)NNS(=O)(=O)c1ccc(C(F)(F)F)cc1. The van der Waals surface area contributed by atoms with E-state index in [0.29, 0.717) is 12.1 Å². The first kappa shape index (κ1) is 20.2. The molecule has 0 aliphatic rings. The number of hydrazine groups is 1. The van der Waals surface area contributed by atoms with Crippen LogP contribution in [0.3, 0.4) is 0 Å². The Labute approximate surface area is 152 Å². The van der Waals surface area contributed by atoms with Gasteiger partial charge in [0.05, 0.1) is 16.0 Å². The predicted octanol–water partition coefficient (Wildman–Crippen LogP) is 1.97. The molecular formula is C16H12F3N3O4S. The molecule has 0 heterocycles. The largest absolute Gasteiger partial charge is 0.482 e. The third-order valence-corrected chi connectivity index (χ3v) is 4.45. The van der Waals surface area contributed by atoms with Crippen molar-refractivity contribution in [3.05, 3.63) is 59.7 Å². The number of benzene rings is 2. The molecule has 0 radical (unpaired) electrons. The molecule has 0 bridgehead atoms. The summed E-state index contributed by atoms with van der Waals surface area (Å²) in [7, 11) is -4.27. The minimum absolute atomic E-state index is 0.140. The highest BCUT2D eigenvalue weighted by molar-refractivity contribution is 7.89. The van der Waals surface area contributed by atoms with E-state index >= 15 is 0 Å². The van der Waals surface area contributed by atoms with Gasteiger partial charge in [-0.25, -0.2) is 8.42 Å². The molecule has 0 aromatic heterocycles. The van der Waals surface area contributed by atoms with Crippen LogP contribution in [0.15, 0.2) is 53.4 Å². The van der Waals surface area contributed by atoms with Gasteiger partial charge in [-0.15, -0.1) is 4.83 Å². The lowest BCUT2D eigenvalue weighted by Crippen LogP contribution is -2.43. The molecule has 11 heteroatoms. The van der Waals surface area contributed by atoms with E-state index in [4.69, 9.17) is 10.00 Å². The van der Waals surface area contributed by atoms with Crippen LogP contribution in [0.1, 0.15) is 11.1 Å². The van der Waals surface area contributed by atoms with E-state index in [1.54, 1.807) is 17.0 Å². The number of rotatable bonds is 6. The van der Waals surface area contributed by atoms with E-state index in [9.17, 15) is 26.4 Å². The number of ether oxygens (including phenoxy) is 1. The number of para-hydroxylation sites is 1. The topological polar surface area (TPSA) is 108 Å². The van der Waals surface area contributed by atoms with Gasteiger partial charge in [0.25, 0.3) is 15.9 Å². The second-order valence-electron chi connectivity index (χ2n) is 5.07. The lowest BCUT2D eigenvalue weighted by molar-refractivity contribution is -0.137. The van der Waals surface area contributed by atoms with Gasteiger partial charge in [0.15, 0.2) is 6.61 Å². The van der Waals surface area contributed by atoms with E-state index in [1.165, 1.54) is 12.1 Å². The lowest BCUT2D eigenvalue weighted by atomic mass is 10.2. The normalized spacial score (nSPS) is 11.5. The van der Waals surface area contributed by atoms with Gasteiger partial charge in [0.2, 0.25) is 0 Å². The zero-order chi connectivity index (χ0) is 20.1. The highest BCUT2D eigenvalue weighted by atomic mass is 32.2. The number of hydrogen-bond donors (Lipinski definition) is 2. The Bertz CT molecular complexity index is 968. The molecular weight excluding hydrogens is 387 g/mol. The molecule has 0 saturated carbocycles. The molecule has 0 atom stereocenters. The van der Waals surface area contributed by atoms with E-state index in [1.807, 2.05) is 11.5 Å². The van der Waals surface area contributed by atoms with Gasteiger partial charge in [-0.05, 0) is 36.4 Å². The number of halogens is 3. The number of nitrogens with one attached hydrogen (secondary N) is 2. The molecule has 2 rings (SSSR count). The predicted molar refractivity (Wildman–Crippen MR) is 86.6 cm³/mol. The Balaban J connectivity index is 1.94. The maximum absolute atomic E-state index is 12.5. The highest BCUT2D eigenvalue weighted by Crippen LogP contribution is 2.29. The number of amides is 1. The Morgan fingerprint density at radius 3 is 2.33 bits per heavy atom. The Kier molecular flexibility index (Phi) is 6.04. The van der Waals surface area contributed by atoms with Crippen LogP contribution in [0.25, 0.3) is 0 Å². The van der Waals surface area contributed by atoms with E-state index < -0.39 is 39.2 Å². The summed E-state index contributed by atoms with van der Waals surface area (Å²) >= 11 is 0. The number of nitrogens with zero attached hydrogens (tertiary/aromatic N) is 1. The fraction of sp³-hybridized carbons (Fsp3) is 0.125. The molecule has 0 aliphatic carbocycles. The first-order chi connectivity index (χ1) is 12.6. The third kappa shape index (κ3) is 5.44. The van der Waals surface area contributed by atoms with Crippen molar-refractivity contribution in [2.45, 2.75) is 11.1 Å². The fourth-order valence-electron chi connectivity index (χ4n) is 1.87. The minimum Gasteiger partial charge on any atom is -0.482 e. The van der Waals surface area contributed by atoms with Crippen molar-refractivity contribution in [3.63, 3.8) is 0 Å². The Morgan fingerprint density at radius 1 is 1.11 bits per heavy atom. The summed E-state index contributed by atoms with van der Waals surface area (Å²) in [5.74, 6) is -0.737. The van der Waals surface area contributed by atoms with Crippen LogP contribution < -0.4 is 15.0 Å². The molecule has 0 unspecified atom stereocenters. The van der Waals surface area contributed by atoms with Gasteiger partial charge in [-0.3, -0.25) is 10.2 Å². The second-order valence-corrected chi connectivity index (χ2v) is 6.75. The molecule has 0 saturated heterocycles. The van der Waals surface area contributed by atoms with Crippen LogP contribution in [0.5, 0.6) is 5.75 Å². The van der Waals surface area contributed by atoms with Gasteiger partial charge in [-0.1, -0.05) is 12.1 Å². The van der Waals surface area contributed by atoms with Crippen LogP contribution in [-0.4, -0.2) is 20.9 Å².